The van der Waals surface area contributed by atoms with Crippen molar-refractivity contribution < 1.29 is 17.6 Å². The number of rotatable bonds is 3. The summed E-state index contributed by atoms with van der Waals surface area (Å²) in [6.07, 6.45) is 0. The van der Waals surface area contributed by atoms with Crippen LogP contribution in [0.1, 0.15) is 31.1 Å². The average Bonchev–Trinajstić information content (AvgIpc) is 2.13. The van der Waals surface area contributed by atoms with E-state index in [4.69, 9.17) is 11.6 Å². The minimum Gasteiger partial charge on any atom is -0.275 e. The van der Waals surface area contributed by atoms with E-state index in [1.165, 1.54) is 0 Å². The molecule has 100 valence electrons. The van der Waals surface area contributed by atoms with E-state index in [0.29, 0.717) is 0 Å². The molecule has 0 aliphatic rings. The third-order valence-electron chi connectivity index (χ3n) is 1.90. The molecule has 0 saturated heterocycles. The second kappa shape index (κ2) is 4.95. The molecule has 0 aliphatic heterocycles. The van der Waals surface area contributed by atoms with Crippen molar-refractivity contribution >= 4 is 26.9 Å². The molecule has 1 aromatic carbocycles. The second-order valence-electron chi connectivity index (χ2n) is 4.77. The zero-order valence-corrected chi connectivity index (χ0v) is 11.7. The van der Waals surface area contributed by atoms with E-state index < -0.39 is 32.2 Å². The zero-order valence-electron chi connectivity index (χ0n) is 10.1. The molecular weight excluding hydrogens is 281 g/mol. The van der Waals surface area contributed by atoms with E-state index in [2.05, 4.69) is 4.72 Å². The van der Waals surface area contributed by atoms with Crippen molar-refractivity contribution in [3.8, 4) is 0 Å². The lowest BCUT2D eigenvalue weighted by Gasteiger charge is -2.20. The van der Waals surface area contributed by atoms with Gasteiger partial charge in [0.15, 0.2) is 0 Å². The van der Waals surface area contributed by atoms with Gasteiger partial charge >= 0.3 is 0 Å². The van der Waals surface area contributed by atoms with Crippen molar-refractivity contribution in [2.24, 2.45) is 0 Å². The van der Waals surface area contributed by atoms with Gasteiger partial charge in [-0.15, -0.1) is 0 Å². The van der Waals surface area contributed by atoms with Gasteiger partial charge < -0.3 is 0 Å². The van der Waals surface area contributed by atoms with Gasteiger partial charge in [0.25, 0.3) is 5.24 Å². The lowest BCUT2D eigenvalue weighted by Crippen LogP contribution is -2.40. The largest absolute Gasteiger partial charge is 0.275 e. The summed E-state index contributed by atoms with van der Waals surface area (Å²) >= 11 is 5.17. The van der Waals surface area contributed by atoms with Crippen LogP contribution in [-0.2, 0) is 10.0 Å². The Kier molecular flexibility index (Phi) is 4.15. The van der Waals surface area contributed by atoms with E-state index >= 15 is 0 Å². The minimum absolute atomic E-state index is 0.206. The highest BCUT2D eigenvalue weighted by Gasteiger charge is 2.23. The second-order valence-corrected chi connectivity index (χ2v) is 6.80. The van der Waals surface area contributed by atoms with Crippen molar-refractivity contribution in [1.82, 2.24) is 4.72 Å². The Bertz CT molecular complexity index is 578. The SMILES string of the molecule is CC(C)(C)NS(=O)(=O)c1ccc(F)c(C(=O)Cl)c1. The van der Waals surface area contributed by atoms with E-state index in [0.717, 1.165) is 18.2 Å². The highest BCUT2D eigenvalue weighted by atomic mass is 35.5. The molecular formula is C11H13ClFNO3S. The zero-order chi connectivity index (χ0) is 14.1. The first-order valence-corrected chi connectivity index (χ1v) is 6.92. The summed E-state index contributed by atoms with van der Waals surface area (Å²) in [4.78, 5) is 10.7. The molecule has 0 unspecified atom stereocenters. The van der Waals surface area contributed by atoms with Gasteiger partial charge in [0.1, 0.15) is 5.82 Å². The van der Waals surface area contributed by atoms with Crippen LogP contribution in [0.4, 0.5) is 4.39 Å². The maximum atomic E-state index is 13.2. The fourth-order valence-corrected chi connectivity index (χ4v) is 2.87. The van der Waals surface area contributed by atoms with Crippen LogP contribution in [0, 0.1) is 5.82 Å². The maximum Gasteiger partial charge on any atom is 0.255 e. The Hall–Kier alpha value is -0.980. The van der Waals surface area contributed by atoms with Crippen molar-refractivity contribution in [1.29, 1.82) is 0 Å². The Labute approximate surface area is 110 Å². The molecule has 0 bridgehead atoms. The molecule has 0 amide bonds. The van der Waals surface area contributed by atoms with E-state index in [-0.39, 0.29) is 4.90 Å². The molecule has 0 radical (unpaired) electrons. The number of nitrogens with one attached hydrogen (secondary N) is 1. The lowest BCUT2D eigenvalue weighted by atomic mass is 10.1. The van der Waals surface area contributed by atoms with Crippen LogP contribution >= 0.6 is 11.6 Å². The van der Waals surface area contributed by atoms with Gasteiger partial charge in [0.05, 0.1) is 10.5 Å². The topological polar surface area (TPSA) is 63.2 Å². The fourth-order valence-electron chi connectivity index (χ4n) is 1.28. The highest BCUT2D eigenvalue weighted by Crippen LogP contribution is 2.18. The van der Waals surface area contributed by atoms with Crippen molar-refractivity contribution in [3.05, 3.63) is 29.6 Å². The quantitative estimate of drug-likeness (QED) is 0.870. The minimum atomic E-state index is -3.82. The van der Waals surface area contributed by atoms with Gasteiger partial charge in [-0.05, 0) is 50.6 Å². The Morgan fingerprint density at radius 2 is 1.89 bits per heavy atom. The van der Waals surface area contributed by atoms with Crippen molar-refractivity contribution in [2.45, 2.75) is 31.2 Å². The smallest absolute Gasteiger partial charge is 0.255 e. The molecule has 0 aromatic heterocycles. The van der Waals surface area contributed by atoms with E-state index in [1.54, 1.807) is 20.8 Å². The Balaban J connectivity index is 3.27. The summed E-state index contributed by atoms with van der Waals surface area (Å²) in [5, 5.41) is -1.04. The van der Waals surface area contributed by atoms with Crippen LogP contribution in [0.2, 0.25) is 0 Å². The maximum absolute atomic E-state index is 13.2. The van der Waals surface area contributed by atoms with E-state index in [1.807, 2.05) is 0 Å². The summed E-state index contributed by atoms with van der Waals surface area (Å²) in [6, 6.07) is 2.89. The molecule has 0 spiro atoms. The molecule has 0 saturated carbocycles. The number of benzene rings is 1. The van der Waals surface area contributed by atoms with Gasteiger partial charge in [0, 0.05) is 5.54 Å². The highest BCUT2D eigenvalue weighted by molar-refractivity contribution is 7.89. The molecule has 18 heavy (non-hydrogen) atoms. The van der Waals surface area contributed by atoms with Gasteiger partial charge in [-0.1, -0.05) is 0 Å². The molecule has 0 fully saturated rings. The van der Waals surface area contributed by atoms with Gasteiger partial charge in [-0.2, -0.15) is 0 Å². The van der Waals surface area contributed by atoms with Gasteiger partial charge in [0.2, 0.25) is 10.0 Å². The molecule has 1 N–H and O–H groups in total. The van der Waals surface area contributed by atoms with Crippen LogP contribution in [0.15, 0.2) is 23.1 Å². The summed E-state index contributed by atoms with van der Waals surface area (Å²) in [5.74, 6) is -0.857. The number of carbonyl (C=O) groups is 1. The van der Waals surface area contributed by atoms with E-state index in [9.17, 15) is 17.6 Å². The van der Waals surface area contributed by atoms with Crippen molar-refractivity contribution in [3.63, 3.8) is 0 Å². The molecule has 0 heterocycles. The molecule has 1 aromatic rings. The molecule has 0 aliphatic carbocycles. The molecule has 1 rings (SSSR count). The monoisotopic (exact) mass is 293 g/mol. The molecule has 4 nitrogen and oxygen atoms in total. The first-order valence-electron chi connectivity index (χ1n) is 5.06. The lowest BCUT2D eigenvalue weighted by molar-refractivity contribution is 0.107. The third kappa shape index (κ3) is 3.76. The van der Waals surface area contributed by atoms with Crippen LogP contribution in [0.5, 0.6) is 0 Å². The number of hydrogen-bond donors (Lipinski definition) is 1. The van der Waals surface area contributed by atoms with Gasteiger partial charge in [-0.25, -0.2) is 17.5 Å². The predicted molar refractivity (Wildman–Crippen MR) is 66.7 cm³/mol. The normalized spacial score (nSPS) is 12.5. The van der Waals surface area contributed by atoms with Crippen LogP contribution in [0.3, 0.4) is 0 Å². The summed E-state index contributed by atoms with van der Waals surface area (Å²) in [6.45, 7) is 5.01. The average molecular weight is 294 g/mol. The number of sulfonamides is 1. The number of carbonyl (C=O) groups excluding carboxylic acids is 1. The van der Waals surface area contributed by atoms with Crippen LogP contribution in [0.25, 0.3) is 0 Å². The number of hydrogen-bond acceptors (Lipinski definition) is 3. The summed E-state index contributed by atoms with van der Waals surface area (Å²) < 4.78 is 39.5. The first-order chi connectivity index (χ1) is 8.03. The standard InChI is InChI=1S/C11H13ClFNO3S/c1-11(2,3)14-18(16,17)7-4-5-9(13)8(6-7)10(12)15/h4-6,14H,1-3H3. The summed E-state index contributed by atoms with van der Waals surface area (Å²) in [7, 11) is -3.82. The Morgan fingerprint density at radius 3 is 2.33 bits per heavy atom. The van der Waals surface area contributed by atoms with Crippen LogP contribution < -0.4 is 4.72 Å². The first kappa shape index (κ1) is 15.1. The summed E-state index contributed by atoms with van der Waals surface area (Å²) in [5.41, 5.74) is -1.15. The molecule has 7 heteroatoms. The van der Waals surface area contributed by atoms with Crippen LogP contribution in [-0.4, -0.2) is 19.2 Å². The predicted octanol–water partition coefficient (Wildman–Crippen LogP) is 2.28. The Morgan fingerprint density at radius 1 is 1.33 bits per heavy atom. The fraction of sp³-hybridized carbons (Fsp3) is 0.364. The number of halogens is 2. The third-order valence-corrected chi connectivity index (χ3v) is 3.86. The van der Waals surface area contributed by atoms with Crippen molar-refractivity contribution in [2.75, 3.05) is 0 Å². The molecule has 0 atom stereocenters. The van der Waals surface area contributed by atoms with Gasteiger partial charge in [-0.3, -0.25) is 4.79 Å².